The van der Waals surface area contributed by atoms with Crippen molar-refractivity contribution in [2.45, 2.75) is 25.5 Å². The van der Waals surface area contributed by atoms with Gasteiger partial charge in [-0.05, 0) is 15.9 Å². The number of carbonyl (C=O) groups excluding carboxylic acids is 1. The van der Waals surface area contributed by atoms with Gasteiger partial charge in [0.25, 0.3) is 5.91 Å². The summed E-state index contributed by atoms with van der Waals surface area (Å²) in [7, 11) is 1.55. The zero-order chi connectivity index (χ0) is 16.1. The lowest BCUT2D eigenvalue weighted by atomic mass is 10.0. The number of methoxy groups -OCH3 is 1. The maximum absolute atomic E-state index is 12.4. The molecule has 23 heavy (non-hydrogen) atoms. The van der Waals surface area contributed by atoms with Gasteiger partial charge in [0.2, 0.25) is 5.88 Å². The summed E-state index contributed by atoms with van der Waals surface area (Å²) in [5.74, 6) is 0.501. The van der Waals surface area contributed by atoms with Crippen molar-refractivity contribution >= 4 is 44.5 Å². The summed E-state index contributed by atoms with van der Waals surface area (Å²) in [5.41, 5.74) is 3.62. The molecule has 1 N–H and O–H groups in total. The van der Waals surface area contributed by atoms with Crippen molar-refractivity contribution in [2.75, 3.05) is 20.3 Å². The van der Waals surface area contributed by atoms with E-state index in [0.29, 0.717) is 35.1 Å². The number of aromatic nitrogens is 2. The first-order chi connectivity index (χ1) is 11.1. The average molecular weight is 401 g/mol. The molecule has 1 fully saturated rings. The predicted octanol–water partition coefficient (Wildman–Crippen LogP) is 2.66. The van der Waals surface area contributed by atoms with Gasteiger partial charge in [-0.15, -0.1) is 0 Å². The average Bonchev–Trinajstić information content (AvgIpc) is 2.87. The number of pyridine rings is 1. The summed E-state index contributed by atoms with van der Waals surface area (Å²) in [5, 5.41) is 0.543. The second kappa shape index (κ2) is 5.65. The molecule has 0 bridgehead atoms. The molecule has 0 aliphatic carbocycles. The Hall–Kier alpha value is -1.31. The minimum absolute atomic E-state index is 0.0615. The summed E-state index contributed by atoms with van der Waals surface area (Å²) in [6.07, 6.45) is 1.28. The van der Waals surface area contributed by atoms with Crippen LogP contribution in [0.5, 0.6) is 5.88 Å². The molecule has 6 nitrogen and oxygen atoms in total. The van der Waals surface area contributed by atoms with Crippen LogP contribution in [0.15, 0.2) is 4.47 Å². The van der Waals surface area contributed by atoms with Gasteiger partial charge in [0, 0.05) is 37.2 Å². The number of halogens is 2. The van der Waals surface area contributed by atoms with Crippen molar-refractivity contribution in [3.05, 3.63) is 20.8 Å². The monoisotopic (exact) mass is 399 g/mol. The van der Waals surface area contributed by atoms with Crippen LogP contribution in [-0.4, -0.2) is 47.1 Å². The Kier molecular flexibility index (Phi) is 3.74. The highest BCUT2D eigenvalue weighted by atomic mass is 79.9. The molecule has 2 aromatic rings. The van der Waals surface area contributed by atoms with Crippen LogP contribution in [0.4, 0.5) is 0 Å². The zero-order valence-corrected chi connectivity index (χ0v) is 14.8. The number of amides is 1. The Balaban J connectivity index is 1.75. The van der Waals surface area contributed by atoms with Gasteiger partial charge in [0.1, 0.15) is 10.6 Å². The molecule has 4 rings (SSSR count). The van der Waals surface area contributed by atoms with Crippen molar-refractivity contribution in [3.63, 3.8) is 0 Å². The number of rotatable bonds is 2. The van der Waals surface area contributed by atoms with Gasteiger partial charge in [-0.25, -0.2) is 4.98 Å². The van der Waals surface area contributed by atoms with E-state index in [1.807, 2.05) is 4.90 Å². The second-order valence-electron chi connectivity index (χ2n) is 5.71. The third-order valence-corrected chi connectivity index (χ3v) is 5.78. The highest BCUT2D eigenvalue weighted by Gasteiger charge is 2.33. The van der Waals surface area contributed by atoms with Crippen molar-refractivity contribution in [1.82, 2.24) is 14.9 Å². The Morgan fingerprint density at radius 1 is 1.57 bits per heavy atom. The molecule has 122 valence electrons. The number of carbonyl (C=O) groups is 1. The summed E-state index contributed by atoms with van der Waals surface area (Å²) < 4.78 is 11.2. The first-order valence-electron chi connectivity index (χ1n) is 7.43. The molecule has 2 aliphatic heterocycles. The van der Waals surface area contributed by atoms with Gasteiger partial charge in [-0.1, -0.05) is 11.6 Å². The molecule has 0 radical (unpaired) electrons. The van der Waals surface area contributed by atoms with Crippen molar-refractivity contribution in [3.8, 4) is 5.88 Å². The highest BCUT2D eigenvalue weighted by Crippen LogP contribution is 2.39. The normalized spacial score (nSPS) is 20.3. The van der Waals surface area contributed by atoms with Crippen LogP contribution in [0.3, 0.4) is 0 Å². The third-order valence-electron chi connectivity index (χ3n) is 4.44. The van der Waals surface area contributed by atoms with E-state index in [9.17, 15) is 4.79 Å². The molecule has 0 aromatic carbocycles. The molecular weight excluding hydrogens is 386 g/mol. The molecular formula is C15H15BrClN3O3. The number of hydrogen-bond acceptors (Lipinski definition) is 4. The quantitative estimate of drug-likeness (QED) is 0.841. The molecule has 8 heteroatoms. The molecule has 4 heterocycles. The lowest BCUT2D eigenvalue weighted by Crippen LogP contribution is -2.47. The summed E-state index contributed by atoms with van der Waals surface area (Å²) in [6, 6.07) is 0. The van der Waals surface area contributed by atoms with Crippen LogP contribution in [0.1, 0.15) is 17.7 Å². The second-order valence-corrected chi connectivity index (χ2v) is 6.88. The van der Waals surface area contributed by atoms with E-state index in [1.54, 1.807) is 7.11 Å². The summed E-state index contributed by atoms with van der Waals surface area (Å²) >= 11 is 9.82. The Morgan fingerprint density at radius 2 is 2.35 bits per heavy atom. The Labute approximate surface area is 146 Å². The fraction of sp³-hybridized carbons (Fsp3) is 0.467. The van der Waals surface area contributed by atoms with Crippen molar-refractivity contribution in [1.29, 1.82) is 0 Å². The van der Waals surface area contributed by atoms with E-state index in [-0.39, 0.29) is 12.0 Å². The van der Waals surface area contributed by atoms with Crippen molar-refractivity contribution < 1.29 is 14.3 Å². The largest absolute Gasteiger partial charge is 0.480 e. The SMILES string of the molecule is COc1nc2c3c([nH]c2c(Cl)c1Br)CCN(C(=O)C1CCO1)C3. The van der Waals surface area contributed by atoms with Gasteiger partial charge in [0.05, 0.1) is 29.8 Å². The number of H-pyrrole nitrogens is 1. The number of fused-ring (bicyclic) bond motifs is 3. The molecule has 1 atom stereocenters. The summed E-state index contributed by atoms with van der Waals surface area (Å²) in [6.45, 7) is 1.86. The summed E-state index contributed by atoms with van der Waals surface area (Å²) in [4.78, 5) is 22.1. The van der Waals surface area contributed by atoms with E-state index in [2.05, 4.69) is 25.9 Å². The smallest absolute Gasteiger partial charge is 0.252 e. The molecule has 0 spiro atoms. The third kappa shape index (κ3) is 2.33. The minimum Gasteiger partial charge on any atom is -0.480 e. The predicted molar refractivity (Wildman–Crippen MR) is 88.8 cm³/mol. The van der Waals surface area contributed by atoms with Gasteiger partial charge < -0.3 is 19.4 Å². The van der Waals surface area contributed by atoms with Crippen LogP contribution in [0.25, 0.3) is 11.0 Å². The number of aromatic amines is 1. The Morgan fingerprint density at radius 3 is 3.00 bits per heavy atom. The maximum Gasteiger partial charge on any atom is 0.252 e. The molecule has 0 saturated carbocycles. The Bertz CT molecular complexity index is 803. The molecule has 1 unspecified atom stereocenters. The highest BCUT2D eigenvalue weighted by molar-refractivity contribution is 9.10. The van der Waals surface area contributed by atoms with Gasteiger partial charge in [-0.2, -0.15) is 0 Å². The maximum atomic E-state index is 12.4. The number of ether oxygens (including phenoxy) is 2. The van der Waals surface area contributed by atoms with Crippen LogP contribution in [0.2, 0.25) is 5.02 Å². The van der Waals surface area contributed by atoms with Crippen LogP contribution in [-0.2, 0) is 22.5 Å². The standard InChI is InChI=1S/C15H15BrClN3O3/c1-22-14-10(16)11(17)13-12(19-14)7-6-20(4-2-8(7)18-13)15(21)9-3-5-23-9/h9,18H,2-6H2,1H3. The van der Waals surface area contributed by atoms with E-state index in [0.717, 1.165) is 35.1 Å². The fourth-order valence-electron chi connectivity index (χ4n) is 3.07. The number of nitrogens with one attached hydrogen (secondary N) is 1. The van der Waals surface area contributed by atoms with E-state index < -0.39 is 0 Å². The fourth-order valence-corrected chi connectivity index (χ4v) is 3.74. The molecule has 1 saturated heterocycles. The molecule has 1 amide bonds. The lowest BCUT2D eigenvalue weighted by Gasteiger charge is -2.33. The number of hydrogen-bond donors (Lipinski definition) is 1. The first kappa shape index (κ1) is 15.2. The van der Waals surface area contributed by atoms with Crippen molar-refractivity contribution in [2.24, 2.45) is 0 Å². The van der Waals surface area contributed by atoms with E-state index in [4.69, 9.17) is 21.1 Å². The number of nitrogens with zero attached hydrogens (tertiary/aromatic N) is 2. The first-order valence-corrected chi connectivity index (χ1v) is 8.60. The van der Waals surface area contributed by atoms with Crippen LogP contribution in [0, 0.1) is 0 Å². The van der Waals surface area contributed by atoms with E-state index in [1.165, 1.54) is 0 Å². The minimum atomic E-state index is -0.276. The molecule has 2 aromatic heterocycles. The van der Waals surface area contributed by atoms with Gasteiger partial charge in [0.15, 0.2) is 0 Å². The van der Waals surface area contributed by atoms with Crippen LogP contribution >= 0.6 is 27.5 Å². The van der Waals surface area contributed by atoms with Crippen LogP contribution < -0.4 is 4.74 Å². The van der Waals surface area contributed by atoms with Gasteiger partial charge >= 0.3 is 0 Å². The van der Waals surface area contributed by atoms with E-state index >= 15 is 0 Å². The lowest BCUT2D eigenvalue weighted by molar-refractivity contribution is -0.157. The zero-order valence-electron chi connectivity index (χ0n) is 12.5. The van der Waals surface area contributed by atoms with Gasteiger partial charge in [-0.3, -0.25) is 4.79 Å². The topological polar surface area (TPSA) is 67.5 Å². The molecule has 2 aliphatic rings.